The second kappa shape index (κ2) is 17.8. The molecular formula is C38H49N5O6S2. The summed E-state index contributed by atoms with van der Waals surface area (Å²) in [6.07, 6.45) is 0.280. The molecule has 1 fully saturated rings. The molecule has 0 aliphatic carbocycles. The number of amides is 4. The van der Waals surface area contributed by atoms with E-state index in [0.717, 1.165) is 16.9 Å². The van der Waals surface area contributed by atoms with Crippen LogP contribution < -0.4 is 26.0 Å². The van der Waals surface area contributed by atoms with E-state index >= 15 is 0 Å². The van der Waals surface area contributed by atoms with E-state index in [1.54, 1.807) is 12.1 Å². The van der Waals surface area contributed by atoms with Gasteiger partial charge in [-0.3, -0.25) is 19.2 Å². The predicted molar refractivity (Wildman–Crippen MR) is 205 cm³/mol. The first-order chi connectivity index (χ1) is 24.2. The average molecular weight is 736 g/mol. The summed E-state index contributed by atoms with van der Waals surface area (Å²) in [4.78, 5) is 55.6. The number of thioether (sulfide) groups is 2. The molecule has 0 unspecified atom stereocenters. The normalized spacial score (nSPS) is 17.1. The van der Waals surface area contributed by atoms with Crippen LogP contribution in [0, 0.1) is 0 Å². The van der Waals surface area contributed by atoms with Crippen molar-refractivity contribution in [2.45, 2.75) is 75.6 Å². The molecular weight excluding hydrogens is 687 g/mol. The summed E-state index contributed by atoms with van der Waals surface area (Å²) in [6, 6.07) is 23.2. The van der Waals surface area contributed by atoms with Gasteiger partial charge in [0.15, 0.2) is 12.7 Å². The van der Waals surface area contributed by atoms with Crippen molar-refractivity contribution in [1.82, 2.24) is 20.9 Å². The van der Waals surface area contributed by atoms with Gasteiger partial charge in [-0.1, -0.05) is 54.6 Å². The van der Waals surface area contributed by atoms with Gasteiger partial charge >= 0.3 is 0 Å². The molecule has 4 rings (SSSR count). The molecule has 5 N–H and O–H groups in total. The van der Waals surface area contributed by atoms with Crippen molar-refractivity contribution in [3.8, 4) is 5.75 Å². The third-order valence-corrected chi connectivity index (χ3v) is 10.1. The summed E-state index contributed by atoms with van der Waals surface area (Å²) in [5.74, 6) is -1.13. The number of anilines is 2. The Morgan fingerprint density at radius 3 is 2.25 bits per heavy atom. The minimum Gasteiger partial charge on any atom is -0.484 e. The molecule has 0 radical (unpaired) electrons. The highest BCUT2D eigenvalue weighted by Gasteiger charge is 2.50. The molecule has 11 nitrogen and oxygen atoms in total. The summed E-state index contributed by atoms with van der Waals surface area (Å²) in [5, 5.41) is 23.4. The Bertz CT molecular complexity index is 1640. The van der Waals surface area contributed by atoms with Crippen molar-refractivity contribution in [3.05, 3.63) is 90.5 Å². The minimum atomic E-state index is -1.67. The number of ether oxygens (including phenoxy) is 1. The van der Waals surface area contributed by atoms with E-state index in [0.29, 0.717) is 5.75 Å². The average Bonchev–Trinajstić information content (AvgIpc) is 3.41. The van der Waals surface area contributed by atoms with E-state index in [1.807, 2.05) is 114 Å². The number of nitrogens with one attached hydrogen (secondary N) is 4. The van der Waals surface area contributed by atoms with Gasteiger partial charge in [0, 0.05) is 33.5 Å². The van der Waals surface area contributed by atoms with Crippen LogP contribution in [0.3, 0.4) is 0 Å². The maximum Gasteiger partial charge on any atom is 0.258 e. The summed E-state index contributed by atoms with van der Waals surface area (Å²) in [6.45, 7) is 9.05. The van der Waals surface area contributed by atoms with Gasteiger partial charge in [-0.2, -0.15) is 11.8 Å². The Morgan fingerprint density at radius 1 is 0.961 bits per heavy atom. The SMILES string of the molecule is CSC[C@H](NC(=O)COc1cccc(Nc2ccccc2)c1)C(=O)N[C@@H](Cc1ccccc1)[C@H](O)C(=O)N1CSC(C)(C)[C@H]1C(=O)NC(C)(C)C. The Morgan fingerprint density at radius 2 is 1.61 bits per heavy atom. The van der Waals surface area contributed by atoms with Crippen LogP contribution in [0.25, 0.3) is 0 Å². The highest BCUT2D eigenvalue weighted by atomic mass is 32.2. The standard InChI is InChI=1S/C38H49N5O6S2/c1-37(2,3)42-35(47)33-38(4,5)51-24-43(33)36(48)32(45)29(20-25-14-9-7-10-15-25)41-34(46)30(23-50-6)40-31(44)22-49-28-19-13-18-27(21-28)39-26-16-11-8-12-17-26/h7-19,21,29-30,32-33,39,45H,20,22-24H2,1-6H3,(H,40,44)(H,41,46)(H,42,47)/t29-,30-,32-,33+/m0/s1. The molecule has 4 atom stereocenters. The van der Waals surface area contributed by atoms with E-state index in [9.17, 15) is 24.3 Å². The van der Waals surface area contributed by atoms with Gasteiger partial charge in [0.05, 0.1) is 11.9 Å². The van der Waals surface area contributed by atoms with Gasteiger partial charge in [0.1, 0.15) is 17.8 Å². The lowest BCUT2D eigenvalue weighted by molar-refractivity contribution is -0.148. The Kier molecular flexibility index (Phi) is 13.8. The third-order valence-electron chi connectivity index (χ3n) is 8.09. The first kappa shape index (κ1) is 39.6. The monoisotopic (exact) mass is 735 g/mol. The molecule has 1 saturated heterocycles. The fourth-order valence-electron chi connectivity index (χ4n) is 5.67. The van der Waals surface area contributed by atoms with Crippen LogP contribution in [0.2, 0.25) is 0 Å². The molecule has 274 valence electrons. The summed E-state index contributed by atoms with van der Waals surface area (Å²) in [7, 11) is 0. The van der Waals surface area contributed by atoms with Gasteiger partial charge in [-0.15, -0.1) is 11.8 Å². The van der Waals surface area contributed by atoms with E-state index in [2.05, 4.69) is 21.3 Å². The van der Waals surface area contributed by atoms with Crippen molar-refractivity contribution < 1.29 is 29.0 Å². The molecule has 1 heterocycles. The second-order valence-electron chi connectivity index (χ2n) is 14.0. The molecule has 0 aromatic heterocycles. The number of carbonyl (C=O) groups excluding carboxylic acids is 4. The molecule has 1 aliphatic heterocycles. The van der Waals surface area contributed by atoms with Gasteiger partial charge in [0.2, 0.25) is 11.8 Å². The van der Waals surface area contributed by atoms with Crippen LogP contribution in [-0.2, 0) is 25.6 Å². The largest absolute Gasteiger partial charge is 0.484 e. The fourth-order valence-corrected chi connectivity index (χ4v) is 7.38. The Hall–Kier alpha value is -4.20. The summed E-state index contributed by atoms with van der Waals surface area (Å²) in [5.41, 5.74) is 1.96. The van der Waals surface area contributed by atoms with E-state index in [1.165, 1.54) is 28.4 Å². The quantitative estimate of drug-likeness (QED) is 0.154. The number of aliphatic hydroxyl groups is 1. The third kappa shape index (κ3) is 11.7. The van der Waals surface area contributed by atoms with E-state index in [-0.39, 0.29) is 30.6 Å². The van der Waals surface area contributed by atoms with Gasteiger partial charge in [0.25, 0.3) is 11.8 Å². The number of benzene rings is 3. The van der Waals surface area contributed by atoms with Crippen LogP contribution in [0.5, 0.6) is 5.75 Å². The first-order valence-corrected chi connectivity index (χ1v) is 19.2. The molecule has 4 amide bonds. The van der Waals surface area contributed by atoms with Crippen molar-refractivity contribution in [2.24, 2.45) is 0 Å². The van der Waals surface area contributed by atoms with Crippen LogP contribution in [0.4, 0.5) is 11.4 Å². The minimum absolute atomic E-state index is 0.138. The van der Waals surface area contributed by atoms with Crippen molar-refractivity contribution in [2.75, 3.05) is 29.8 Å². The fraction of sp³-hybridized carbons (Fsp3) is 0.421. The second-order valence-corrected chi connectivity index (χ2v) is 16.5. The summed E-state index contributed by atoms with van der Waals surface area (Å²) < 4.78 is 5.14. The van der Waals surface area contributed by atoms with Gasteiger partial charge < -0.3 is 36.0 Å². The highest BCUT2D eigenvalue weighted by Crippen LogP contribution is 2.40. The Balaban J connectivity index is 1.45. The Labute approximate surface area is 309 Å². The maximum absolute atomic E-state index is 14.0. The molecule has 0 spiro atoms. The zero-order valence-electron chi connectivity index (χ0n) is 30.0. The summed E-state index contributed by atoms with van der Waals surface area (Å²) >= 11 is 2.81. The number of aliphatic hydroxyl groups excluding tert-OH is 1. The molecule has 13 heteroatoms. The van der Waals surface area contributed by atoms with Gasteiger partial charge in [-0.25, -0.2) is 0 Å². The number of para-hydroxylation sites is 1. The molecule has 3 aromatic rings. The molecule has 51 heavy (non-hydrogen) atoms. The van der Waals surface area contributed by atoms with E-state index in [4.69, 9.17) is 4.74 Å². The predicted octanol–water partition coefficient (Wildman–Crippen LogP) is 4.34. The number of rotatable bonds is 15. The van der Waals surface area contributed by atoms with Gasteiger partial charge in [-0.05, 0) is 77.1 Å². The highest BCUT2D eigenvalue weighted by molar-refractivity contribution is 8.00. The molecule has 1 aliphatic rings. The van der Waals surface area contributed by atoms with Crippen LogP contribution in [-0.4, -0.2) is 92.6 Å². The zero-order chi connectivity index (χ0) is 37.2. The lowest BCUT2D eigenvalue weighted by Gasteiger charge is -2.35. The van der Waals surface area contributed by atoms with Crippen molar-refractivity contribution in [3.63, 3.8) is 0 Å². The lowest BCUT2D eigenvalue weighted by Crippen LogP contribution is -2.61. The number of hydrogen-bond donors (Lipinski definition) is 5. The lowest BCUT2D eigenvalue weighted by atomic mass is 9.96. The van der Waals surface area contributed by atoms with E-state index < -0.39 is 52.2 Å². The first-order valence-electron chi connectivity index (χ1n) is 16.8. The van der Waals surface area contributed by atoms with Crippen molar-refractivity contribution in [1.29, 1.82) is 0 Å². The number of nitrogens with zero attached hydrogens (tertiary/aromatic N) is 1. The van der Waals surface area contributed by atoms with Crippen molar-refractivity contribution >= 4 is 58.5 Å². The van der Waals surface area contributed by atoms with Crippen LogP contribution >= 0.6 is 23.5 Å². The molecule has 0 saturated carbocycles. The maximum atomic E-state index is 14.0. The molecule has 3 aromatic carbocycles. The smallest absolute Gasteiger partial charge is 0.258 e. The number of hydrogen-bond acceptors (Lipinski definition) is 9. The zero-order valence-corrected chi connectivity index (χ0v) is 31.6. The van der Waals surface area contributed by atoms with Crippen LogP contribution in [0.15, 0.2) is 84.9 Å². The topological polar surface area (TPSA) is 149 Å². The molecule has 0 bridgehead atoms. The van der Waals surface area contributed by atoms with Crippen LogP contribution in [0.1, 0.15) is 40.2 Å². The number of carbonyl (C=O) groups is 4.